The first-order chi connectivity index (χ1) is 8.63. The molecule has 0 bridgehead atoms. The third-order valence-electron chi connectivity index (χ3n) is 2.66. The molecule has 98 valence electrons. The lowest BCUT2D eigenvalue weighted by atomic mass is 10.0. The number of hydrogen-bond donors (Lipinski definition) is 2. The summed E-state index contributed by atoms with van der Waals surface area (Å²) in [5.74, 6) is -0.877. The summed E-state index contributed by atoms with van der Waals surface area (Å²) in [6.45, 7) is 1.94. The van der Waals surface area contributed by atoms with Crippen LogP contribution in [0.3, 0.4) is 0 Å². The fourth-order valence-electron chi connectivity index (χ4n) is 1.77. The molecule has 0 heterocycles. The van der Waals surface area contributed by atoms with E-state index in [-0.39, 0.29) is 18.4 Å². The third-order valence-corrected chi connectivity index (χ3v) is 2.66. The highest BCUT2D eigenvalue weighted by molar-refractivity contribution is 5.76. The van der Waals surface area contributed by atoms with E-state index in [2.05, 4.69) is 5.32 Å². The number of rotatable bonds is 7. The van der Waals surface area contributed by atoms with Gasteiger partial charge < -0.3 is 10.4 Å². The number of benzene rings is 1. The Bertz CT molecular complexity index is 389. The molecule has 0 radical (unpaired) electrons. The van der Waals surface area contributed by atoms with Crippen molar-refractivity contribution in [3.63, 3.8) is 0 Å². The van der Waals surface area contributed by atoms with Crippen molar-refractivity contribution in [2.24, 2.45) is 0 Å². The number of carboxylic acids is 1. The molecule has 18 heavy (non-hydrogen) atoms. The van der Waals surface area contributed by atoms with Crippen LogP contribution in [0.2, 0.25) is 0 Å². The molecule has 4 heteroatoms. The van der Waals surface area contributed by atoms with E-state index in [1.807, 2.05) is 37.3 Å². The molecule has 0 aliphatic heterocycles. The molecule has 0 fully saturated rings. The Hall–Kier alpha value is -1.84. The van der Waals surface area contributed by atoms with Crippen molar-refractivity contribution in [2.75, 3.05) is 0 Å². The monoisotopic (exact) mass is 249 g/mol. The predicted molar refractivity (Wildman–Crippen MR) is 69.1 cm³/mol. The van der Waals surface area contributed by atoms with Crippen LogP contribution in [-0.4, -0.2) is 17.0 Å². The molecule has 0 spiro atoms. The quantitative estimate of drug-likeness (QED) is 0.780. The summed E-state index contributed by atoms with van der Waals surface area (Å²) in [5.41, 5.74) is 0.947. The molecule has 2 N–H and O–H groups in total. The summed E-state index contributed by atoms with van der Waals surface area (Å²) >= 11 is 0. The Morgan fingerprint density at radius 3 is 2.44 bits per heavy atom. The van der Waals surface area contributed by atoms with Gasteiger partial charge in [0.2, 0.25) is 5.91 Å². The van der Waals surface area contributed by atoms with Gasteiger partial charge in [-0.1, -0.05) is 37.3 Å². The fraction of sp³-hybridized carbons (Fsp3) is 0.429. The van der Waals surface area contributed by atoms with E-state index in [0.717, 1.165) is 12.0 Å². The zero-order valence-electron chi connectivity index (χ0n) is 10.6. The first-order valence-electron chi connectivity index (χ1n) is 6.19. The second kappa shape index (κ2) is 7.48. The normalized spacial score (nSPS) is 11.8. The smallest absolute Gasteiger partial charge is 0.303 e. The number of nitrogens with one attached hydrogen (secondary N) is 1. The molecule has 1 aromatic carbocycles. The largest absolute Gasteiger partial charge is 0.481 e. The van der Waals surface area contributed by atoms with E-state index < -0.39 is 5.97 Å². The maximum atomic E-state index is 11.6. The van der Waals surface area contributed by atoms with Crippen molar-refractivity contribution < 1.29 is 14.7 Å². The van der Waals surface area contributed by atoms with Crippen molar-refractivity contribution in [1.82, 2.24) is 5.32 Å². The van der Waals surface area contributed by atoms with Gasteiger partial charge in [-0.15, -0.1) is 0 Å². The summed E-state index contributed by atoms with van der Waals surface area (Å²) in [6, 6.07) is 9.24. The molecule has 1 atom stereocenters. The number of amides is 1. The van der Waals surface area contributed by atoms with Gasteiger partial charge >= 0.3 is 5.97 Å². The van der Waals surface area contributed by atoms with Crippen LogP contribution in [0.1, 0.15) is 44.2 Å². The lowest BCUT2D eigenvalue weighted by Gasteiger charge is -2.18. The third kappa shape index (κ3) is 4.99. The molecular weight excluding hydrogens is 230 g/mol. The summed E-state index contributed by atoms with van der Waals surface area (Å²) in [6.07, 6.45) is 1.71. The molecule has 4 nitrogen and oxygen atoms in total. The topological polar surface area (TPSA) is 66.4 Å². The molecule has 1 amide bonds. The van der Waals surface area contributed by atoms with Crippen LogP contribution in [0.25, 0.3) is 0 Å². The van der Waals surface area contributed by atoms with Crippen molar-refractivity contribution >= 4 is 11.9 Å². The van der Waals surface area contributed by atoms with E-state index in [1.54, 1.807) is 0 Å². The molecule has 1 unspecified atom stereocenters. The van der Waals surface area contributed by atoms with Gasteiger partial charge in [-0.3, -0.25) is 9.59 Å². The first kappa shape index (κ1) is 14.2. The van der Waals surface area contributed by atoms with Crippen molar-refractivity contribution in [3.05, 3.63) is 35.9 Å². The highest BCUT2D eigenvalue weighted by Gasteiger charge is 2.15. The molecule has 1 aromatic rings. The highest BCUT2D eigenvalue weighted by atomic mass is 16.4. The SMILES string of the molecule is CCCC(=O)NC(CCC(=O)O)c1ccccc1. The van der Waals surface area contributed by atoms with Gasteiger partial charge in [0.15, 0.2) is 0 Å². The zero-order valence-corrected chi connectivity index (χ0v) is 10.6. The Kier molecular flexibility index (Phi) is 5.91. The molecule has 1 rings (SSSR count). The molecule has 0 saturated carbocycles. The van der Waals surface area contributed by atoms with E-state index in [0.29, 0.717) is 12.8 Å². The Morgan fingerprint density at radius 2 is 1.89 bits per heavy atom. The molecule has 0 aliphatic rings. The lowest BCUT2D eigenvalue weighted by molar-refractivity contribution is -0.137. The van der Waals surface area contributed by atoms with Gasteiger partial charge in [0.1, 0.15) is 0 Å². The van der Waals surface area contributed by atoms with E-state index >= 15 is 0 Å². The van der Waals surface area contributed by atoms with E-state index in [9.17, 15) is 9.59 Å². The van der Waals surface area contributed by atoms with Crippen molar-refractivity contribution in [2.45, 2.75) is 38.6 Å². The minimum absolute atomic E-state index is 0.0308. The van der Waals surface area contributed by atoms with Gasteiger partial charge in [-0.2, -0.15) is 0 Å². The van der Waals surface area contributed by atoms with Gasteiger partial charge in [-0.05, 0) is 18.4 Å². The maximum Gasteiger partial charge on any atom is 0.303 e. The minimum atomic E-state index is -0.847. The molecule has 0 aromatic heterocycles. The van der Waals surface area contributed by atoms with Crippen molar-refractivity contribution in [3.8, 4) is 0 Å². The van der Waals surface area contributed by atoms with Crippen molar-refractivity contribution in [1.29, 1.82) is 0 Å². The highest BCUT2D eigenvalue weighted by Crippen LogP contribution is 2.18. The fourth-order valence-corrected chi connectivity index (χ4v) is 1.77. The Balaban J connectivity index is 2.69. The number of carbonyl (C=O) groups excluding carboxylic acids is 1. The van der Waals surface area contributed by atoms with Crippen LogP contribution in [-0.2, 0) is 9.59 Å². The number of hydrogen-bond acceptors (Lipinski definition) is 2. The first-order valence-corrected chi connectivity index (χ1v) is 6.19. The van der Waals surface area contributed by atoms with Crippen LogP contribution in [0.5, 0.6) is 0 Å². The van der Waals surface area contributed by atoms with Gasteiger partial charge in [0, 0.05) is 12.8 Å². The second-order valence-electron chi connectivity index (χ2n) is 4.21. The van der Waals surface area contributed by atoms with E-state index in [1.165, 1.54) is 0 Å². The molecule has 0 saturated heterocycles. The maximum absolute atomic E-state index is 11.6. The summed E-state index contributed by atoms with van der Waals surface area (Å²) in [4.78, 5) is 22.2. The summed E-state index contributed by atoms with van der Waals surface area (Å²) < 4.78 is 0. The number of aliphatic carboxylic acids is 1. The predicted octanol–water partition coefficient (Wildman–Crippen LogP) is 2.51. The van der Waals surface area contributed by atoms with Gasteiger partial charge in [0.25, 0.3) is 0 Å². The van der Waals surface area contributed by atoms with Crippen LogP contribution >= 0.6 is 0 Å². The Labute approximate surface area is 107 Å². The average Bonchev–Trinajstić information content (AvgIpc) is 2.35. The molecular formula is C14H19NO3. The van der Waals surface area contributed by atoms with Crippen LogP contribution in [0.4, 0.5) is 0 Å². The lowest BCUT2D eigenvalue weighted by Crippen LogP contribution is -2.28. The van der Waals surface area contributed by atoms with Crippen LogP contribution < -0.4 is 5.32 Å². The van der Waals surface area contributed by atoms with Gasteiger partial charge in [0.05, 0.1) is 6.04 Å². The van der Waals surface area contributed by atoms with Crippen LogP contribution in [0.15, 0.2) is 30.3 Å². The van der Waals surface area contributed by atoms with E-state index in [4.69, 9.17) is 5.11 Å². The second-order valence-corrected chi connectivity index (χ2v) is 4.21. The van der Waals surface area contributed by atoms with Gasteiger partial charge in [-0.25, -0.2) is 0 Å². The Morgan fingerprint density at radius 1 is 1.22 bits per heavy atom. The zero-order chi connectivity index (χ0) is 13.4. The van der Waals surface area contributed by atoms with Crippen LogP contribution in [0, 0.1) is 0 Å². The average molecular weight is 249 g/mol. The molecule has 0 aliphatic carbocycles. The summed E-state index contributed by atoms with van der Waals surface area (Å²) in [5, 5.41) is 11.6. The summed E-state index contributed by atoms with van der Waals surface area (Å²) in [7, 11) is 0. The number of carboxylic acid groups (broad SMARTS) is 1. The minimum Gasteiger partial charge on any atom is -0.481 e. The number of carbonyl (C=O) groups is 2. The standard InChI is InChI=1S/C14H19NO3/c1-2-6-13(16)15-12(9-10-14(17)18)11-7-4-3-5-8-11/h3-5,7-8,12H,2,6,9-10H2,1H3,(H,15,16)(H,17,18).